The molecule has 1 aliphatic heterocycles. The fourth-order valence-corrected chi connectivity index (χ4v) is 4.12. The van der Waals surface area contributed by atoms with Crippen LogP contribution in [-0.2, 0) is 4.74 Å². The molecule has 0 aromatic heterocycles. The second-order valence-electron chi connectivity index (χ2n) is 8.10. The topological polar surface area (TPSA) is 41.5 Å². The van der Waals surface area contributed by atoms with Crippen LogP contribution in [0.3, 0.4) is 0 Å². The first-order chi connectivity index (χ1) is 8.68. The monoisotopic (exact) mass is 269 g/mol. The quantitative estimate of drug-likeness (QED) is 0.805. The molecule has 3 nitrogen and oxygen atoms in total. The Morgan fingerprint density at radius 2 is 2.00 bits per heavy atom. The predicted molar refractivity (Wildman–Crippen MR) is 78.0 cm³/mol. The van der Waals surface area contributed by atoms with Crippen LogP contribution in [0.25, 0.3) is 0 Å². The van der Waals surface area contributed by atoms with Gasteiger partial charge in [0.25, 0.3) is 0 Å². The van der Waals surface area contributed by atoms with E-state index in [9.17, 15) is 5.11 Å². The van der Waals surface area contributed by atoms with Crippen molar-refractivity contribution in [2.24, 2.45) is 22.7 Å². The van der Waals surface area contributed by atoms with E-state index in [0.717, 1.165) is 13.2 Å². The van der Waals surface area contributed by atoms with Gasteiger partial charge in [0.1, 0.15) is 0 Å². The van der Waals surface area contributed by atoms with Gasteiger partial charge in [-0.3, -0.25) is 0 Å². The molecular formula is C16H31NO2. The first kappa shape index (κ1) is 15.3. The van der Waals surface area contributed by atoms with Crippen molar-refractivity contribution in [2.45, 2.75) is 66.2 Å². The van der Waals surface area contributed by atoms with E-state index in [1.807, 2.05) is 0 Å². The van der Waals surface area contributed by atoms with Crippen LogP contribution >= 0.6 is 0 Å². The van der Waals surface area contributed by atoms with Crippen LogP contribution in [0.1, 0.15) is 48.0 Å². The van der Waals surface area contributed by atoms with E-state index < -0.39 is 0 Å². The minimum Gasteiger partial charge on any atom is -0.392 e. The van der Waals surface area contributed by atoms with Gasteiger partial charge in [0.05, 0.1) is 12.2 Å². The maximum absolute atomic E-state index is 10.3. The van der Waals surface area contributed by atoms with Crippen LogP contribution in [0.5, 0.6) is 0 Å². The molecule has 1 heterocycles. The summed E-state index contributed by atoms with van der Waals surface area (Å²) in [6.45, 7) is 14.8. The van der Waals surface area contributed by atoms with Crippen LogP contribution in [0.15, 0.2) is 0 Å². The van der Waals surface area contributed by atoms with Gasteiger partial charge in [-0.05, 0) is 12.3 Å². The van der Waals surface area contributed by atoms with E-state index >= 15 is 0 Å². The molecule has 4 unspecified atom stereocenters. The predicted octanol–water partition coefficient (Wildman–Crippen LogP) is 2.43. The van der Waals surface area contributed by atoms with E-state index in [1.165, 1.54) is 6.42 Å². The standard InChI is InChI=1S/C16H31NO2/c1-10(2)13(18)15(3,4)9-17-12-11-7-8-19-14(11)16(12,5)6/h10-14,17-18H,7-9H2,1-6H3. The largest absolute Gasteiger partial charge is 0.392 e. The van der Waals surface area contributed by atoms with Gasteiger partial charge in [-0.2, -0.15) is 0 Å². The van der Waals surface area contributed by atoms with Gasteiger partial charge in [-0.25, -0.2) is 0 Å². The fourth-order valence-electron chi connectivity index (χ4n) is 4.12. The summed E-state index contributed by atoms with van der Waals surface area (Å²) < 4.78 is 5.83. The van der Waals surface area contributed by atoms with Gasteiger partial charge in [0.15, 0.2) is 0 Å². The van der Waals surface area contributed by atoms with Gasteiger partial charge < -0.3 is 15.2 Å². The Kier molecular flexibility index (Phi) is 4.03. The number of ether oxygens (including phenoxy) is 1. The summed E-state index contributed by atoms with van der Waals surface area (Å²) in [6.07, 6.45) is 1.35. The zero-order valence-electron chi connectivity index (χ0n) is 13.4. The second-order valence-corrected chi connectivity index (χ2v) is 8.10. The molecule has 0 spiro atoms. The van der Waals surface area contributed by atoms with Crippen molar-refractivity contribution in [2.75, 3.05) is 13.2 Å². The average Bonchev–Trinajstić information content (AvgIpc) is 2.74. The number of fused-ring (bicyclic) bond motifs is 1. The van der Waals surface area contributed by atoms with Gasteiger partial charge in [-0.1, -0.05) is 41.5 Å². The highest BCUT2D eigenvalue weighted by Crippen LogP contribution is 2.52. The maximum Gasteiger partial charge on any atom is 0.0685 e. The zero-order valence-corrected chi connectivity index (χ0v) is 13.4. The molecule has 0 radical (unpaired) electrons. The molecule has 0 aromatic carbocycles. The van der Waals surface area contributed by atoms with Crippen molar-refractivity contribution in [1.82, 2.24) is 5.32 Å². The Hall–Kier alpha value is -0.120. The minimum absolute atomic E-state index is 0.0885. The molecule has 3 heteroatoms. The highest BCUT2D eigenvalue weighted by atomic mass is 16.5. The molecule has 0 bridgehead atoms. The van der Waals surface area contributed by atoms with E-state index in [-0.39, 0.29) is 16.9 Å². The average molecular weight is 269 g/mol. The highest BCUT2D eigenvalue weighted by Gasteiger charge is 2.59. The smallest absolute Gasteiger partial charge is 0.0685 e. The van der Waals surface area contributed by atoms with E-state index in [0.29, 0.717) is 24.0 Å². The summed E-state index contributed by atoms with van der Waals surface area (Å²) in [7, 11) is 0. The molecule has 2 fully saturated rings. The zero-order chi connectivity index (χ0) is 14.4. The number of hydrogen-bond acceptors (Lipinski definition) is 3. The molecule has 0 aromatic rings. The third-order valence-electron chi connectivity index (χ3n) is 5.31. The van der Waals surface area contributed by atoms with Crippen molar-refractivity contribution in [1.29, 1.82) is 0 Å². The third-order valence-corrected chi connectivity index (χ3v) is 5.31. The van der Waals surface area contributed by atoms with E-state index in [2.05, 4.69) is 46.9 Å². The molecule has 1 aliphatic carbocycles. The van der Waals surface area contributed by atoms with Crippen molar-refractivity contribution in [3.8, 4) is 0 Å². The molecule has 1 saturated carbocycles. The molecule has 2 N–H and O–H groups in total. The van der Waals surface area contributed by atoms with Gasteiger partial charge >= 0.3 is 0 Å². The third kappa shape index (κ3) is 2.57. The maximum atomic E-state index is 10.3. The molecule has 2 aliphatic rings. The van der Waals surface area contributed by atoms with Crippen molar-refractivity contribution < 1.29 is 9.84 Å². The summed E-state index contributed by atoms with van der Waals surface area (Å²) in [4.78, 5) is 0. The summed E-state index contributed by atoms with van der Waals surface area (Å²) in [5.74, 6) is 0.968. The SMILES string of the molecule is CC(C)C(O)C(C)(C)CNC1C2CCOC2C1(C)C. The van der Waals surface area contributed by atoms with Gasteiger partial charge in [-0.15, -0.1) is 0 Å². The van der Waals surface area contributed by atoms with Crippen molar-refractivity contribution in [3.63, 3.8) is 0 Å². The molecule has 4 atom stereocenters. The number of nitrogens with one attached hydrogen (secondary N) is 1. The molecule has 0 amide bonds. The molecule has 1 saturated heterocycles. The second kappa shape index (κ2) is 5.01. The molecule has 112 valence electrons. The Balaban J connectivity index is 1.92. The summed E-state index contributed by atoms with van der Waals surface area (Å²) in [5, 5.41) is 14.0. The summed E-state index contributed by atoms with van der Waals surface area (Å²) in [5.41, 5.74) is 0.134. The van der Waals surface area contributed by atoms with Crippen LogP contribution < -0.4 is 5.32 Å². The summed E-state index contributed by atoms with van der Waals surface area (Å²) in [6, 6.07) is 0.527. The summed E-state index contributed by atoms with van der Waals surface area (Å²) >= 11 is 0. The Morgan fingerprint density at radius 3 is 2.58 bits per heavy atom. The number of aliphatic hydroxyl groups excluding tert-OH is 1. The van der Waals surface area contributed by atoms with Gasteiger partial charge in [0.2, 0.25) is 0 Å². The fraction of sp³-hybridized carbons (Fsp3) is 1.00. The van der Waals surface area contributed by atoms with Crippen molar-refractivity contribution >= 4 is 0 Å². The van der Waals surface area contributed by atoms with Crippen LogP contribution in [-0.4, -0.2) is 36.5 Å². The van der Waals surface area contributed by atoms with Crippen molar-refractivity contribution in [3.05, 3.63) is 0 Å². The Labute approximate surface area is 118 Å². The lowest BCUT2D eigenvalue weighted by Crippen LogP contribution is -2.67. The first-order valence-corrected chi connectivity index (χ1v) is 7.71. The molecule has 2 rings (SSSR count). The molecule has 19 heavy (non-hydrogen) atoms. The first-order valence-electron chi connectivity index (χ1n) is 7.71. The lowest BCUT2D eigenvalue weighted by atomic mass is 9.57. The minimum atomic E-state index is -0.265. The number of aliphatic hydroxyl groups is 1. The van der Waals surface area contributed by atoms with Crippen LogP contribution in [0.4, 0.5) is 0 Å². The number of hydrogen-bond donors (Lipinski definition) is 2. The van der Waals surface area contributed by atoms with E-state index in [4.69, 9.17) is 4.74 Å². The van der Waals surface area contributed by atoms with Gasteiger partial charge in [0, 0.05) is 35.9 Å². The normalized spacial score (nSPS) is 35.1. The van der Waals surface area contributed by atoms with Crippen LogP contribution in [0.2, 0.25) is 0 Å². The van der Waals surface area contributed by atoms with E-state index in [1.54, 1.807) is 0 Å². The lowest BCUT2D eigenvalue weighted by Gasteiger charge is -2.55. The Morgan fingerprint density at radius 1 is 1.37 bits per heavy atom. The Bertz CT molecular complexity index is 325. The number of rotatable bonds is 5. The lowest BCUT2D eigenvalue weighted by molar-refractivity contribution is -0.116. The molecular weight excluding hydrogens is 238 g/mol. The van der Waals surface area contributed by atoms with Crippen LogP contribution in [0, 0.1) is 22.7 Å². The highest BCUT2D eigenvalue weighted by molar-refractivity contribution is 5.11.